The topological polar surface area (TPSA) is 84.8 Å². The summed E-state index contributed by atoms with van der Waals surface area (Å²) in [5.74, 6) is 2.94. The van der Waals surface area contributed by atoms with E-state index in [1.807, 2.05) is 48.5 Å². The van der Waals surface area contributed by atoms with Crippen LogP contribution in [-0.2, 0) is 0 Å². The van der Waals surface area contributed by atoms with Gasteiger partial charge in [0.05, 0.1) is 23.3 Å². The van der Waals surface area contributed by atoms with Gasteiger partial charge in [-0.15, -0.1) is 0 Å². The second-order valence-electron chi connectivity index (χ2n) is 8.91. The van der Waals surface area contributed by atoms with Gasteiger partial charge in [0.2, 0.25) is 5.89 Å². The summed E-state index contributed by atoms with van der Waals surface area (Å²) in [7, 11) is 0. The molecule has 1 fully saturated rings. The minimum Gasteiger partial charge on any atom is -0.490 e. The molecule has 0 N–H and O–H groups in total. The molecule has 2 heterocycles. The van der Waals surface area contributed by atoms with Crippen LogP contribution in [0.5, 0.6) is 5.75 Å². The van der Waals surface area contributed by atoms with Gasteiger partial charge in [-0.25, -0.2) is 0 Å². The first-order valence-electron chi connectivity index (χ1n) is 11.5. The van der Waals surface area contributed by atoms with Gasteiger partial charge in [0.1, 0.15) is 5.75 Å². The number of benzene rings is 2. The first kappa shape index (κ1) is 21.1. The third-order valence-electron chi connectivity index (χ3n) is 6.36. The second kappa shape index (κ2) is 9.03. The van der Waals surface area contributed by atoms with Gasteiger partial charge in [-0.3, -0.25) is 4.98 Å². The number of hydrogen-bond donors (Lipinski definition) is 0. The maximum atomic E-state index is 9.54. The number of nitrogens with zero attached hydrogens (tertiary/aromatic N) is 4. The van der Waals surface area contributed by atoms with Crippen molar-refractivity contribution < 1.29 is 9.26 Å². The summed E-state index contributed by atoms with van der Waals surface area (Å²) in [6.07, 6.45) is 5.72. The molecule has 0 bridgehead atoms. The van der Waals surface area contributed by atoms with E-state index in [1.165, 1.54) is 0 Å². The third-order valence-corrected chi connectivity index (χ3v) is 6.36. The van der Waals surface area contributed by atoms with E-state index in [1.54, 1.807) is 6.20 Å². The molecule has 0 spiro atoms. The predicted molar refractivity (Wildman–Crippen MR) is 126 cm³/mol. The largest absolute Gasteiger partial charge is 0.490 e. The molecule has 0 unspecified atom stereocenters. The van der Waals surface area contributed by atoms with Gasteiger partial charge < -0.3 is 9.26 Å². The first-order valence-corrected chi connectivity index (χ1v) is 11.5. The Kier molecular flexibility index (Phi) is 5.78. The predicted octanol–water partition coefficient (Wildman–Crippen LogP) is 6.39. The zero-order chi connectivity index (χ0) is 22.8. The van der Waals surface area contributed by atoms with Crippen LogP contribution in [0, 0.1) is 11.3 Å². The smallest absolute Gasteiger partial charge is 0.229 e. The maximum absolute atomic E-state index is 9.54. The monoisotopic (exact) mass is 438 g/mol. The van der Waals surface area contributed by atoms with Crippen LogP contribution < -0.4 is 4.74 Å². The summed E-state index contributed by atoms with van der Waals surface area (Å²) in [5.41, 5.74) is 3.31. The lowest BCUT2D eigenvalue weighted by Gasteiger charge is -2.27. The Balaban J connectivity index is 1.36. The highest BCUT2D eigenvalue weighted by molar-refractivity contribution is 5.97. The molecule has 2 aromatic heterocycles. The molecule has 1 aliphatic rings. The van der Waals surface area contributed by atoms with Crippen molar-refractivity contribution in [3.63, 3.8) is 0 Å². The number of nitriles is 1. The fourth-order valence-electron chi connectivity index (χ4n) is 4.54. The Morgan fingerprint density at radius 3 is 2.55 bits per heavy atom. The van der Waals surface area contributed by atoms with Crippen molar-refractivity contribution in [3.8, 4) is 22.9 Å². The zero-order valence-electron chi connectivity index (χ0n) is 18.9. The highest BCUT2D eigenvalue weighted by atomic mass is 16.5. The van der Waals surface area contributed by atoms with Crippen molar-refractivity contribution in [1.29, 1.82) is 5.26 Å². The normalized spacial score (nSPS) is 18.4. The van der Waals surface area contributed by atoms with Crippen LogP contribution >= 0.6 is 0 Å². The zero-order valence-corrected chi connectivity index (χ0v) is 18.9. The molecule has 0 saturated heterocycles. The van der Waals surface area contributed by atoms with Crippen LogP contribution in [0.3, 0.4) is 0 Å². The Hall–Kier alpha value is -3.72. The molecule has 33 heavy (non-hydrogen) atoms. The summed E-state index contributed by atoms with van der Waals surface area (Å²) >= 11 is 0. The molecule has 0 amide bonds. The lowest BCUT2D eigenvalue weighted by Crippen LogP contribution is -2.23. The lowest BCUT2D eigenvalue weighted by molar-refractivity contribution is 0.141. The number of aromatic nitrogens is 3. The van der Waals surface area contributed by atoms with Gasteiger partial charge in [-0.2, -0.15) is 10.2 Å². The van der Waals surface area contributed by atoms with Crippen molar-refractivity contribution in [3.05, 3.63) is 72.0 Å². The van der Waals surface area contributed by atoms with Crippen molar-refractivity contribution in [2.45, 2.75) is 57.5 Å². The first-order chi connectivity index (χ1) is 16.1. The van der Waals surface area contributed by atoms with Crippen LogP contribution in [0.25, 0.3) is 22.0 Å². The van der Waals surface area contributed by atoms with E-state index in [-0.39, 0.29) is 12.0 Å². The maximum Gasteiger partial charge on any atom is 0.229 e. The van der Waals surface area contributed by atoms with Gasteiger partial charge in [0, 0.05) is 34.5 Å². The molecular formula is C27H26N4O2. The van der Waals surface area contributed by atoms with E-state index in [2.05, 4.69) is 35.0 Å². The van der Waals surface area contributed by atoms with Gasteiger partial charge in [-0.05, 0) is 43.9 Å². The molecule has 0 radical (unpaired) electrons. The number of hydrogen-bond acceptors (Lipinski definition) is 6. The molecule has 0 atom stereocenters. The number of para-hydroxylation sites is 1. The molecule has 6 nitrogen and oxygen atoms in total. The Morgan fingerprint density at radius 1 is 1.00 bits per heavy atom. The van der Waals surface area contributed by atoms with Crippen LogP contribution in [0.1, 0.15) is 68.6 Å². The van der Waals surface area contributed by atoms with Crippen LogP contribution in [0.2, 0.25) is 0 Å². The van der Waals surface area contributed by atoms with Crippen LogP contribution in [0.15, 0.2) is 59.3 Å². The molecule has 2 aromatic carbocycles. The number of ether oxygens (including phenoxy) is 1. The van der Waals surface area contributed by atoms with Crippen molar-refractivity contribution >= 4 is 10.9 Å². The highest BCUT2D eigenvalue weighted by Gasteiger charge is 2.28. The molecular weight excluding hydrogens is 412 g/mol. The van der Waals surface area contributed by atoms with Gasteiger partial charge >= 0.3 is 0 Å². The van der Waals surface area contributed by atoms with Crippen LogP contribution in [-0.4, -0.2) is 21.2 Å². The molecule has 0 aliphatic heterocycles. The Bertz CT molecular complexity index is 1310. The van der Waals surface area contributed by atoms with E-state index in [4.69, 9.17) is 9.26 Å². The van der Waals surface area contributed by atoms with Gasteiger partial charge in [-0.1, -0.05) is 49.3 Å². The number of fused-ring (bicyclic) bond motifs is 1. The minimum atomic E-state index is 0.134. The molecule has 4 aromatic rings. The van der Waals surface area contributed by atoms with E-state index in [9.17, 15) is 5.26 Å². The summed E-state index contributed by atoms with van der Waals surface area (Å²) < 4.78 is 12.0. The fourth-order valence-corrected chi connectivity index (χ4v) is 4.54. The number of rotatable bonds is 5. The van der Waals surface area contributed by atoms with Gasteiger partial charge in [0.25, 0.3) is 0 Å². The second-order valence-corrected chi connectivity index (χ2v) is 8.91. The Labute approximate surface area is 193 Å². The molecule has 6 heteroatoms. The van der Waals surface area contributed by atoms with E-state index < -0.39 is 0 Å². The molecule has 5 rings (SSSR count). The third kappa shape index (κ3) is 4.19. The minimum absolute atomic E-state index is 0.134. The summed E-state index contributed by atoms with van der Waals surface area (Å²) in [6.45, 7) is 4.14. The van der Waals surface area contributed by atoms with E-state index in [0.717, 1.165) is 65.2 Å². The Morgan fingerprint density at radius 2 is 1.79 bits per heavy atom. The average molecular weight is 439 g/mol. The standard InChI is InChI=1S/C27H26N4O2/c1-17(2)26-30-27(33-31-26)18-10-12-20(13-11-18)32-24-14-15-29-25-22(8-5-9-23(24)25)21-7-4-3-6-19(21)16-28/h3-9,14-15,17-18,20H,10-13H2,1-2H3. The fraction of sp³-hybridized carbons (Fsp3) is 0.333. The molecule has 166 valence electrons. The van der Waals surface area contributed by atoms with Gasteiger partial charge in [0.15, 0.2) is 5.82 Å². The van der Waals surface area contributed by atoms with E-state index >= 15 is 0 Å². The SMILES string of the molecule is CC(C)c1noc(C2CCC(Oc3ccnc4c(-c5ccccc5C#N)cccc34)CC2)n1. The molecule has 1 aliphatic carbocycles. The van der Waals surface area contributed by atoms with Crippen molar-refractivity contribution in [1.82, 2.24) is 15.1 Å². The van der Waals surface area contributed by atoms with Crippen molar-refractivity contribution in [2.24, 2.45) is 0 Å². The average Bonchev–Trinajstić information content (AvgIpc) is 3.35. The van der Waals surface area contributed by atoms with E-state index in [0.29, 0.717) is 11.5 Å². The summed E-state index contributed by atoms with van der Waals surface area (Å²) in [4.78, 5) is 9.22. The van der Waals surface area contributed by atoms with Crippen molar-refractivity contribution in [2.75, 3.05) is 0 Å². The quantitative estimate of drug-likeness (QED) is 0.359. The number of pyridine rings is 1. The molecule has 1 saturated carbocycles. The van der Waals surface area contributed by atoms with Crippen LogP contribution in [0.4, 0.5) is 0 Å². The summed E-state index contributed by atoms with van der Waals surface area (Å²) in [5, 5.41) is 14.6. The highest BCUT2D eigenvalue weighted by Crippen LogP contribution is 2.37. The lowest BCUT2D eigenvalue weighted by atomic mass is 9.87. The summed E-state index contributed by atoms with van der Waals surface area (Å²) in [6, 6.07) is 17.9.